The number of nitro benzene ring substituents is 1. The average molecular weight is 257 g/mol. The van der Waals surface area contributed by atoms with E-state index in [9.17, 15) is 24.1 Å². The molecule has 2 amide bonds. The topological polar surface area (TPSA) is 125 Å². The summed E-state index contributed by atoms with van der Waals surface area (Å²) in [7, 11) is 0. The average Bonchev–Trinajstić information content (AvgIpc) is 2.27. The Morgan fingerprint density at radius 1 is 1.44 bits per heavy atom. The summed E-state index contributed by atoms with van der Waals surface area (Å²) in [5.74, 6) is -2.69. The third-order valence-electron chi connectivity index (χ3n) is 1.73. The molecule has 0 bridgehead atoms. The van der Waals surface area contributed by atoms with Gasteiger partial charge in [0.2, 0.25) is 5.91 Å². The zero-order chi connectivity index (χ0) is 13.7. The second-order valence-corrected chi connectivity index (χ2v) is 3.14. The van der Waals surface area contributed by atoms with Gasteiger partial charge in [0, 0.05) is 6.07 Å². The largest absolute Gasteiger partial charge is 0.368 e. The Morgan fingerprint density at radius 3 is 2.67 bits per heavy atom. The second kappa shape index (κ2) is 5.68. The summed E-state index contributed by atoms with van der Waals surface area (Å²) < 4.78 is 13.0. The summed E-state index contributed by atoms with van der Waals surface area (Å²) in [6.45, 7) is -0.566. The van der Waals surface area contributed by atoms with Crippen LogP contribution in [0.5, 0.6) is 0 Å². The van der Waals surface area contributed by atoms with Crippen molar-refractivity contribution >= 4 is 17.5 Å². The van der Waals surface area contributed by atoms with E-state index in [1.807, 2.05) is 0 Å². The minimum absolute atomic E-state index is 0.314. The maximum atomic E-state index is 13.0. The number of halogens is 1. The number of primary amides is 1. The molecule has 0 radical (unpaired) electrons. The van der Waals surface area contributed by atoms with Crippen LogP contribution in [0.15, 0.2) is 18.2 Å². The van der Waals surface area contributed by atoms with Crippen molar-refractivity contribution in [2.24, 2.45) is 5.73 Å². The molecule has 9 heteroatoms. The molecule has 0 aliphatic rings. The van der Waals surface area contributed by atoms with E-state index in [-0.39, 0.29) is 5.56 Å². The number of nitro groups is 1. The Labute approximate surface area is 99.6 Å². The SMILES string of the molecule is NC(=O)CONC(=O)c1cc(F)cc([N+](=O)[O-])c1. The number of rotatable bonds is 5. The van der Waals surface area contributed by atoms with Crippen molar-refractivity contribution in [2.75, 3.05) is 6.61 Å². The van der Waals surface area contributed by atoms with E-state index < -0.39 is 34.8 Å². The Hall–Kier alpha value is -2.55. The minimum Gasteiger partial charge on any atom is -0.368 e. The van der Waals surface area contributed by atoms with Crippen molar-refractivity contribution in [3.63, 3.8) is 0 Å². The predicted molar refractivity (Wildman–Crippen MR) is 55.7 cm³/mol. The van der Waals surface area contributed by atoms with Gasteiger partial charge in [0.15, 0.2) is 6.61 Å². The number of nitrogens with zero attached hydrogens (tertiary/aromatic N) is 1. The molecule has 0 aliphatic carbocycles. The summed E-state index contributed by atoms with van der Waals surface area (Å²) in [5, 5.41) is 10.4. The first-order valence-electron chi connectivity index (χ1n) is 4.55. The molecule has 0 saturated carbocycles. The Kier molecular flexibility index (Phi) is 4.27. The van der Waals surface area contributed by atoms with Gasteiger partial charge in [-0.25, -0.2) is 9.87 Å². The molecule has 8 nitrogen and oxygen atoms in total. The molecule has 0 fully saturated rings. The number of nitrogens with one attached hydrogen (secondary N) is 1. The lowest BCUT2D eigenvalue weighted by Gasteiger charge is -2.04. The van der Waals surface area contributed by atoms with Crippen molar-refractivity contribution in [3.8, 4) is 0 Å². The predicted octanol–water partition coefficient (Wildman–Crippen LogP) is -0.119. The fraction of sp³-hybridized carbons (Fsp3) is 0.111. The fourth-order valence-electron chi connectivity index (χ4n) is 1.04. The molecule has 0 aliphatic heterocycles. The van der Waals surface area contributed by atoms with Gasteiger partial charge in [-0.15, -0.1) is 0 Å². The first kappa shape index (κ1) is 13.5. The smallest absolute Gasteiger partial charge is 0.275 e. The number of carbonyl (C=O) groups excluding carboxylic acids is 2. The fourth-order valence-corrected chi connectivity index (χ4v) is 1.04. The Balaban J connectivity index is 2.79. The Morgan fingerprint density at radius 2 is 2.11 bits per heavy atom. The van der Waals surface area contributed by atoms with Crippen LogP contribution in [0.25, 0.3) is 0 Å². The highest BCUT2D eigenvalue weighted by molar-refractivity contribution is 5.94. The van der Waals surface area contributed by atoms with E-state index in [2.05, 4.69) is 4.84 Å². The molecular weight excluding hydrogens is 249 g/mol. The third kappa shape index (κ3) is 3.79. The number of hydroxylamine groups is 1. The first-order valence-corrected chi connectivity index (χ1v) is 4.55. The molecule has 3 N–H and O–H groups in total. The molecule has 0 atom stereocenters. The summed E-state index contributed by atoms with van der Waals surface area (Å²) in [5.41, 5.74) is 5.65. The molecule has 18 heavy (non-hydrogen) atoms. The highest BCUT2D eigenvalue weighted by Crippen LogP contribution is 2.16. The zero-order valence-electron chi connectivity index (χ0n) is 8.88. The third-order valence-corrected chi connectivity index (χ3v) is 1.73. The number of nitrogens with two attached hydrogens (primary N) is 1. The lowest BCUT2D eigenvalue weighted by atomic mass is 10.2. The molecule has 1 aromatic rings. The maximum Gasteiger partial charge on any atom is 0.275 e. The number of hydrogen-bond acceptors (Lipinski definition) is 5. The number of hydrogen-bond donors (Lipinski definition) is 2. The van der Waals surface area contributed by atoms with Gasteiger partial charge >= 0.3 is 0 Å². The van der Waals surface area contributed by atoms with Gasteiger partial charge in [-0.1, -0.05) is 0 Å². The van der Waals surface area contributed by atoms with E-state index in [1.165, 1.54) is 0 Å². The summed E-state index contributed by atoms with van der Waals surface area (Å²) >= 11 is 0. The normalized spacial score (nSPS) is 9.83. The van der Waals surface area contributed by atoms with Gasteiger partial charge in [0.05, 0.1) is 16.6 Å². The lowest BCUT2D eigenvalue weighted by molar-refractivity contribution is -0.385. The number of non-ortho nitro benzene ring substituents is 1. The van der Waals surface area contributed by atoms with Crippen molar-refractivity contribution < 1.29 is 23.7 Å². The Bertz CT molecular complexity index is 505. The lowest BCUT2D eigenvalue weighted by Crippen LogP contribution is -2.29. The van der Waals surface area contributed by atoms with Gasteiger partial charge < -0.3 is 5.73 Å². The van der Waals surface area contributed by atoms with Gasteiger partial charge in [-0.2, -0.15) is 0 Å². The van der Waals surface area contributed by atoms with Gasteiger partial charge in [0.25, 0.3) is 11.6 Å². The van der Waals surface area contributed by atoms with Gasteiger partial charge in [-0.3, -0.25) is 24.5 Å². The van der Waals surface area contributed by atoms with Crippen molar-refractivity contribution in [1.29, 1.82) is 0 Å². The number of benzene rings is 1. The van der Waals surface area contributed by atoms with Crippen LogP contribution in [0.4, 0.5) is 10.1 Å². The molecule has 0 spiro atoms. The van der Waals surface area contributed by atoms with Crippen molar-refractivity contribution in [3.05, 3.63) is 39.7 Å². The van der Waals surface area contributed by atoms with Crippen LogP contribution in [-0.2, 0) is 9.63 Å². The monoisotopic (exact) mass is 257 g/mol. The molecular formula is C9H8FN3O5. The van der Waals surface area contributed by atoms with Crippen molar-refractivity contribution in [2.45, 2.75) is 0 Å². The highest BCUT2D eigenvalue weighted by atomic mass is 19.1. The zero-order valence-corrected chi connectivity index (χ0v) is 8.88. The standard InChI is InChI=1S/C9H8FN3O5/c10-6-1-5(2-7(3-6)13(16)17)9(15)12-18-4-8(11)14/h1-3H,4H2,(H2,11,14)(H,12,15). The summed E-state index contributed by atoms with van der Waals surface area (Å²) in [4.78, 5) is 35.7. The van der Waals surface area contributed by atoms with E-state index in [1.54, 1.807) is 5.48 Å². The van der Waals surface area contributed by atoms with Crippen LogP contribution in [-0.4, -0.2) is 23.3 Å². The molecule has 0 heterocycles. The van der Waals surface area contributed by atoms with Crippen LogP contribution in [0.1, 0.15) is 10.4 Å². The molecule has 96 valence electrons. The van der Waals surface area contributed by atoms with E-state index in [0.29, 0.717) is 6.07 Å². The van der Waals surface area contributed by atoms with Crippen LogP contribution in [0, 0.1) is 15.9 Å². The number of carbonyl (C=O) groups is 2. The second-order valence-electron chi connectivity index (χ2n) is 3.14. The van der Waals surface area contributed by atoms with Crippen LogP contribution in [0.3, 0.4) is 0 Å². The van der Waals surface area contributed by atoms with Gasteiger partial charge in [0.1, 0.15) is 5.82 Å². The summed E-state index contributed by atoms with van der Waals surface area (Å²) in [6.07, 6.45) is 0. The maximum absolute atomic E-state index is 13.0. The highest BCUT2D eigenvalue weighted by Gasteiger charge is 2.14. The van der Waals surface area contributed by atoms with Crippen LogP contribution >= 0.6 is 0 Å². The molecule has 1 aromatic carbocycles. The van der Waals surface area contributed by atoms with Crippen LogP contribution in [0.2, 0.25) is 0 Å². The van der Waals surface area contributed by atoms with E-state index in [0.717, 1.165) is 12.1 Å². The molecule has 0 unspecified atom stereocenters. The quantitative estimate of drug-likeness (QED) is 0.562. The first-order chi connectivity index (χ1) is 8.40. The van der Waals surface area contributed by atoms with E-state index in [4.69, 9.17) is 5.73 Å². The molecule has 0 saturated heterocycles. The molecule has 0 aromatic heterocycles. The van der Waals surface area contributed by atoms with Gasteiger partial charge in [-0.05, 0) is 6.07 Å². The summed E-state index contributed by atoms with van der Waals surface area (Å²) in [6, 6.07) is 2.32. The van der Waals surface area contributed by atoms with Crippen molar-refractivity contribution in [1.82, 2.24) is 5.48 Å². The minimum atomic E-state index is -0.941. The molecule has 1 rings (SSSR count). The number of amides is 2. The van der Waals surface area contributed by atoms with Crippen LogP contribution < -0.4 is 11.2 Å². The van der Waals surface area contributed by atoms with E-state index >= 15 is 0 Å².